The van der Waals surface area contributed by atoms with Crippen LogP contribution in [0.4, 0.5) is 5.69 Å². The zero-order valence-electron chi connectivity index (χ0n) is 11.9. The van der Waals surface area contributed by atoms with Gasteiger partial charge in [-0.2, -0.15) is 0 Å². The molecule has 5 heteroatoms. The number of hydrogen-bond donors (Lipinski definition) is 3. The average Bonchev–Trinajstić information content (AvgIpc) is 2.32. The van der Waals surface area contributed by atoms with Crippen LogP contribution in [0, 0.1) is 20.8 Å². The van der Waals surface area contributed by atoms with Crippen LogP contribution in [0.1, 0.15) is 23.1 Å². The Morgan fingerprint density at radius 3 is 2.58 bits per heavy atom. The van der Waals surface area contributed by atoms with Gasteiger partial charge in [0.05, 0.1) is 13.5 Å². The van der Waals surface area contributed by atoms with Crippen molar-refractivity contribution in [3.05, 3.63) is 22.8 Å². The molecule has 0 spiro atoms. The maximum atomic E-state index is 10.6. The van der Waals surface area contributed by atoms with Crippen molar-refractivity contribution in [2.45, 2.75) is 33.2 Å². The van der Waals surface area contributed by atoms with Crippen LogP contribution in [0.3, 0.4) is 0 Å². The van der Waals surface area contributed by atoms with Gasteiger partial charge in [0, 0.05) is 18.3 Å². The van der Waals surface area contributed by atoms with Crippen molar-refractivity contribution in [3.63, 3.8) is 0 Å². The molecule has 106 valence electrons. The molecule has 0 amide bonds. The molecule has 1 aromatic rings. The highest BCUT2D eigenvalue weighted by atomic mass is 16.5. The Balaban J connectivity index is 2.84. The second kappa shape index (κ2) is 6.43. The van der Waals surface area contributed by atoms with Gasteiger partial charge in [0.2, 0.25) is 0 Å². The quantitative estimate of drug-likeness (QED) is 0.731. The number of aryl methyl sites for hydroxylation is 1. The molecule has 1 aromatic carbocycles. The Kier molecular flexibility index (Phi) is 5.18. The summed E-state index contributed by atoms with van der Waals surface area (Å²) in [5.74, 6) is -0.0240. The zero-order chi connectivity index (χ0) is 14.6. The molecular formula is C14H22N2O3. The van der Waals surface area contributed by atoms with Crippen LogP contribution in [0.15, 0.2) is 6.07 Å². The van der Waals surface area contributed by atoms with Gasteiger partial charge in [-0.15, -0.1) is 0 Å². The van der Waals surface area contributed by atoms with Crippen molar-refractivity contribution in [1.82, 2.24) is 0 Å². The minimum absolute atomic E-state index is 0.0414. The van der Waals surface area contributed by atoms with E-state index in [1.807, 2.05) is 26.8 Å². The fraction of sp³-hybridized carbons (Fsp3) is 0.500. The van der Waals surface area contributed by atoms with Crippen LogP contribution in [-0.4, -0.2) is 30.8 Å². The monoisotopic (exact) mass is 266 g/mol. The van der Waals surface area contributed by atoms with E-state index in [0.717, 1.165) is 28.1 Å². The summed E-state index contributed by atoms with van der Waals surface area (Å²) in [7, 11) is 1.65. The number of aliphatic carboxylic acids is 1. The van der Waals surface area contributed by atoms with Crippen molar-refractivity contribution in [2.24, 2.45) is 5.73 Å². The lowest BCUT2D eigenvalue weighted by Gasteiger charge is -2.19. The van der Waals surface area contributed by atoms with Crippen LogP contribution in [0.5, 0.6) is 5.75 Å². The Morgan fingerprint density at radius 2 is 2.05 bits per heavy atom. The summed E-state index contributed by atoms with van der Waals surface area (Å²) in [4.78, 5) is 10.6. The first-order valence-corrected chi connectivity index (χ1v) is 6.22. The van der Waals surface area contributed by atoms with E-state index in [9.17, 15) is 4.79 Å². The Labute approximate surface area is 113 Å². The molecule has 0 saturated carbocycles. The number of rotatable bonds is 6. The van der Waals surface area contributed by atoms with Crippen LogP contribution in [-0.2, 0) is 4.79 Å². The minimum Gasteiger partial charge on any atom is -0.496 e. The highest BCUT2D eigenvalue weighted by Gasteiger charge is 2.12. The molecular weight excluding hydrogens is 244 g/mol. The number of carboxylic acid groups (broad SMARTS) is 1. The second-order valence-corrected chi connectivity index (χ2v) is 4.76. The SMILES string of the molecule is COc1cc(C)c(NCC(N)CC(=O)O)c(C)c1C. The predicted molar refractivity (Wildman–Crippen MR) is 75.9 cm³/mol. The van der Waals surface area contributed by atoms with Crippen LogP contribution < -0.4 is 15.8 Å². The third-order valence-corrected chi connectivity index (χ3v) is 3.25. The number of nitrogens with two attached hydrogens (primary N) is 1. The molecule has 0 bridgehead atoms. The van der Waals surface area contributed by atoms with Crippen molar-refractivity contribution >= 4 is 11.7 Å². The molecule has 0 aliphatic rings. The molecule has 4 N–H and O–H groups in total. The van der Waals surface area contributed by atoms with Crippen LogP contribution >= 0.6 is 0 Å². The van der Waals surface area contributed by atoms with Crippen molar-refractivity contribution < 1.29 is 14.6 Å². The van der Waals surface area contributed by atoms with Crippen molar-refractivity contribution in [2.75, 3.05) is 19.0 Å². The number of nitrogens with one attached hydrogen (secondary N) is 1. The average molecular weight is 266 g/mol. The first kappa shape index (κ1) is 15.3. The topological polar surface area (TPSA) is 84.6 Å². The number of ether oxygens (including phenoxy) is 1. The lowest BCUT2D eigenvalue weighted by Crippen LogP contribution is -2.31. The Morgan fingerprint density at radius 1 is 1.42 bits per heavy atom. The van der Waals surface area contributed by atoms with E-state index in [0.29, 0.717) is 6.54 Å². The van der Waals surface area contributed by atoms with Gasteiger partial charge in [0.25, 0.3) is 0 Å². The molecule has 0 fully saturated rings. The van der Waals surface area contributed by atoms with Gasteiger partial charge in [-0.25, -0.2) is 0 Å². The highest BCUT2D eigenvalue weighted by molar-refractivity contribution is 5.68. The molecule has 1 unspecified atom stereocenters. The smallest absolute Gasteiger partial charge is 0.304 e. The number of carbonyl (C=O) groups is 1. The zero-order valence-corrected chi connectivity index (χ0v) is 11.9. The highest BCUT2D eigenvalue weighted by Crippen LogP contribution is 2.30. The molecule has 0 saturated heterocycles. The van der Waals surface area contributed by atoms with E-state index in [-0.39, 0.29) is 6.42 Å². The van der Waals surface area contributed by atoms with Gasteiger partial charge in [-0.3, -0.25) is 4.79 Å². The molecule has 1 atom stereocenters. The molecule has 0 aliphatic heterocycles. The summed E-state index contributed by atoms with van der Waals surface area (Å²) in [5.41, 5.74) is 9.97. The number of methoxy groups -OCH3 is 1. The van der Waals surface area contributed by atoms with E-state index < -0.39 is 12.0 Å². The molecule has 5 nitrogen and oxygen atoms in total. The van der Waals surface area contributed by atoms with Crippen LogP contribution in [0.25, 0.3) is 0 Å². The second-order valence-electron chi connectivity index (χ2n) is 4.76. The number of anilines is 1. The number of carboxylic acids is 1. The molecule has 0 radical (unpaired) electrons. The third kappa shape index (κ3) is 3.86. The first-order chi connectivity index (χ1) is 8.86. The number of benzene rings is 1. The maximum Gasteiger partial charge on any atom is 0.304 e. The fourth-order valence-electron chi connectivity index (χ4n) is 2.06. The normalized spacial score (nSPS) is 12.1. The van der Waals surface area contributed by atoms with E-state index in [1.54, 1.807) is 7.11 Å². The molecule has 1 rings (SSSR count). The van der Waals surface area contributed by atoms with E-state index in [2.05, 4.69) is 5.32 Å². The maximum absolute atomic E-state index is 10.6. The lowest BCUT2D eigenvalue weighted by molar-refractivity contribution is -0.137. The summed E-state index contributed by atoms with van der Waals surface area (Å²) >= 11 is 0. The Hall–Kier alpha value is -1.75. The van der Waals surface area contributed by atoms with Gasteiger partial charge in [0.15, 0.2) is 0 Å². The Bertz CT molecular complexity index is 472. The standard InChI is InChI=1S/C14H22N2O3/c1-8-5-12(19-4)9(2)10(3)14(8)16-7-11(15)6-13(17)18/h5,11,16H,6-7,15H2,1-4H3,(H,17,18). The van der Waals surface area contributed by atoms with Gasteiger partial charge in [-0.1, -0.05) is 0 Å². The fourth-order valence-corrected chi connectivity index (χ4v) is 2.06. The summed E-state index contributed by atoms with van der Waals surface area (Å²) in [6.45, 7) is 6.42. The predicted octanol–water partition coefficient (Wildman–Crippen LogP) is 1.83. The summed E-state index contributed by atoms with van der Waals surface area (Å²) in [6.07, 6.45) is -0.0414. The molecule has 0 aliphatic carbocycles. The van der Waals surface area contributed by atoms with E-state index in [4.69, 9.17) is 15.6 Å². The summed E-state index contributed by atoms with van der Waals surface area (Å²) in [5, 5.41) is 11.9. The first-order valence-electron chi connectivity index (χ1n) is 6.22. The molecule has 0 aromatic heterocycles. The van der Waals surface area contributed by atoms with Crippen molar-refractivity contribution in [3.8, 4) is 5.75 Å². The summed E-state index contributed by atoms with van der Waals surface area (Å²) in [6, 6.07) is 1.56. The van der Waals surface area contributed by atoms with Gasteiger partial charge < -0.3 is 20.9 Å². The van der Waals surface area contributed by atoms with Crippen LogP contribution in [0.2, 0.25) is 0 Å². The van der Waals surface area contributed by atoms with E-state index in [1.165, 1.54) is 0 Å². The largest absolute Gasteiger partial charge is 0.496 e. The number of hydrogen-bond acceptors (Lipinski definition) is 4. The van der Waals surface area contributed by atoms with E-state index >= 15 is 0 Å². The summed E-state index contributed by atoms with van der Waals surface area (Å²) < 4.78 is 5.31. The van der Waals surface area contributed by atoms with Gasteiger partial charge >= 0.3 is 5.97 Å². The van der Waals surface area contributed by atoms with Gasteiger partial charge in [-0.05, 0) is 43.5 Å². The third-order valence-electron chi connectivity index (χ3n) is 3.25. The molecule has 19 heavy (non-hydrogen) atoms. The van der Waals surface area contributed by atoms with Crippen molar-refractivity contribution in [1.29, 1.82) is 0 Å². The lowest BCUT2D eigenvalue weighted by atomic mass is 10.0. The minimum atomic E-state index is -0.881. The molecule has 0 heterocycles. The van der Waals surface area contributed by atoms with Gasteiger partial charge in [0.1, 0.15) is 5.75 Å².